The van der Waals surface area contributed by atoms with Gasteiger partial charge in [0.2, 0.25) is 5.91 Å². The number of rotatable bonds is 4. The van der Waals surface area contributed by atoms with E-state index < -0.39 is 6.04 Å². The second kappa shape index (κ2) is 5.25. The van der Waals surface area contributed by atoms with E-state index in [9.17, 15) is 4.79 Å². The number of carbonyl (C=O) groups is 1. The highest BCUT2D eigenvalue weighted by Crippen LogP contribution is 2.17. The molecule has 4 nitrogen and oxygen atoms in total. The molecular weight excluding hydrogens is 212 g/mol. The molecule has 0 aliphatic heterocycles. The zero-order valence-electron chi connectivity index (χ0n) is 8.93. The summed E-state index contributed by atoms with van der Waals surface area (Å²) < 4.78 is 0. The summed E-state index contributed by atoms with van der Waals surface area (Å²) in [5.41, 5.74) is 6.62. The number of amides is 1. The maximum atomic E-state index is 11.6. The summed E-state index contributed by atoms with van der Waals surface area (Å²) in [5, 5.41) is 10.8. The molecule has 1 atom stereocenters. The summed E-state index contributed by atoms with van der Waals surface area (Å²) in [5.74, 6) is -0.231. The first kappa shape index (κ1) is 12.2. The number of thiophene rings is 1. The van der Waals surface area contributed by atoms with Crippen molar-refractivity contribution in [3.05, 3.63) is 21.9 Å². The standard InChI is InChI=1S/C10H16N2O2S/c1-7-3-4-15-9(7)5-12(2)10(14)8(11)6-13/h3-4,8,13H,5-6,11H2,1-2H3. The summed E-state index contributed by atoms with van der Waals surface area (Å²) in [7, 11) is 1.69. The number of hydrogen-bond acceptors (Lipinski definition) is 4. The molecule has 1 rings (SSSR count). The molecule has 15 heavy (non-hydrogen) atoms. The number of aryl methyl sites for hydroxylation is 1. The molecule has 1 heterocycles. The molecule has 0 saturated carbocycles. The number of hydrogen-bond donors (Lipinski definition) is 2. The Morgan fingerprint density at radius 2 is 2.40 bits per heavy atom. The molecular formula is C10H16N2O2S. The Bertz CT molecular complexity index is 338. The third-order valence-corrected chi connectivity index (χ3v) is 3.25. The van der Waals surface area contributed by atoms with Gasteiger partial charge in [-0.15, -0.1) is 11.3 Å². The third-order valence-electron chi connectivity index (χ3n) is 2.24. The van der Waals surface area contributed by atoms with Gasteiger partial charge in [0, 0.05) is 11.9 Å². The lowest BCUT2D eigenvalue weighted by Crippen LogP contribution is -2.43. The summed E-state index contributed by atoms with van der Waals surface area (Å²) in [6.07, 6.45) is 0. The first-order valence-corrected chi connectivity index (χ1v) is 5.58. The Hall–Kier alpha value is -0.910. The van der Waals surface area contributed by atoms with E-state index in [2.05, 4.69) is 0 Å². The number of nitrogens with two attached hydrogens (primary N) is 1. The molecule has 0 aliphatic rings. The van der Waals surface area contributed by atoms with Gasteiger partial charge in [-0.1, -0.05) is 0 Å². The Kier molecular flexibility index (Phi) is 4.26. The van der Waals surface area contributed by atoms with Crippen LogP contribution in [0.3, 0.4) is 0 Å². The molecule has 0 aromatic carbocycles. The van der Waals surface area contributed by atoms with E-state index in [0.717, 1.165) is 4.88 Å². The summed E-state index contributed by atoms with van der Waals surface area (Å²) >= 11 is 1.62. The first-order valence-electron chi connectivity index (χ1n) is 4.70. The van der Waals surface area contributed by atoms with Crippen LogP contribution < -0.4 is 5.73 Å². The Morgan fingerprint density at radius 1 is 1.73 bits per heavy atom. The highest BCUT2D eigenvalue weighted by atomic mass is 32.1. The molecule has 0 aliphatic carbocycles. The highest BCUT2D eigenvalue weighted by molar-refractivity contribution is 7.10. The maximum absolute atomic E-state index is 11.6. The lowest BCUT2D eigenvalue weighted by Gasteiger charge is -2.19. The van der Waals surface area contributed by atoms with Gasteiger partial charge in [-0.25, -0.2) is 0 Å². The highest BCUT2D eigenvalue weighted by Gasteiger charge is 2.17. The zero-order chi connectivity index (χ0) is 11.4. The second-order valence-electron chi connectivity index (χ2n) is 3.51. The van der Waals surface area contributed by atoms with Gasteiger partial charge in [-0.05, 0) is 23.9 Å². The molecule has 0 spiro atoms. The van der Waals surface area contributed by atoms with Gasteiger partial charge in [0.25, 0.3) is 0 Å². The molecule has 1 amide bonds. The van der Waals surface area contributed by atoms with Crippen LogP contribution in [0.15, 0.2) is 11.4 Å². The van der Waals surface area contributed by atoms with Crippen LogP contribution in [-0.4, -0.2) is 35.6 Å². The number of carbonyl (C=O) groups excluding carboxylic acids is 1. The third kappa shape index (κ3) is 3.02. The zero-order valence-corrected chi connectivity index (χ0v) is 9.75. The summed E-state index contributed by atoms with van der Waals surface area (Å²) in [4.78, 5) is 14.2. The Morgan fingerprint density at radius 3 is 2.87 bits per heavy atom. The fourth-order valence-electron chi connectivity index (χ4n) is 1.22. The van der Waals surface area contributed by atoms with Crippen molar-refractivity contribution in [3.8, 4) is 0 Å². The molecule has 0 fully saturated rings. The van der Waals surface area contributed by atoms with E-state index in [0.29, 0.717) is 6.54 Å². The Balaban J connectivity index is 2.60. The van der Waals surface area contributed by atoms with E-state index in [1.165, 1.54) is 5.56 Å². The van der Waals surface area contributed by atoms with Gasteiger partial charge < -0.3 is 15.7 Å². The van der Waals surface area contributed by atoms with Crippen LogP contribution in [0, 0.1) is 6.92 Å². The molecule has 3 N–H and O–H groups in total. The number of aliphatic hydroxyl groups is 1. The van der Waals surface area contributed by atoms with Crippen LogP contribution in [0.4, 0.5) is 0 Å². The normalized spacial score (nSPS) is 12.5. The Labute approximate surface area is 93.3 Å². The summed E-state index contributed by atoms with van der Waals surface area (Å²) in [6.45, 7) is 2.25. The molecule has 5 heteroatoms. The predicted octanol–water partition coefficient (Wildman–Crippen LogP) is 0.335. The van der Waals surface area contributed by atoms with Crippen LogP contribution in [0.2, 0.25) is 0 Å². The largest absolute Gasteiger partial charge is 0.394 e. The number of likely N-dealkylation sites (N-methyl/N-ethyl adjacent to an activating group) is 1. The lowest BCUT2D eigenvalue weighted by molar-refractivity contribution is -0.132. The SMILES string of the molecule is Cc1ccsc1CN(C)C(=O)C(N)CO. The fraction of sp³-hybridized carbons (Fsp3) is 0.500. The maximum Gasteiger partial charge on any atom is 0.241 e. The van der Waals surface area contributed by atoms with Crippen molar-refractivity contribution < 1.29 is 9.90 Å². The van der Waals surface area contributed by atoms with Gasteiger partial charge in [-0.2, -0.15) is 0 Å². The van der Waals surface area contributed by atoms with Gasteiger partial charge in [0.05, 0.1) is 13.2 Å². The van der Waals surface area contributed by atoms with Gasteiger partial charge in [0.1, 0.15) is 6.04 Å². The van der Waals surface area contributed by atoms with Crippen LogP contribution in [0.1, 0.15) is 10.4 Å². The van der Waals surface area contributed by atoms with Crippen LogP contribution in [-0.2, 0) is 11.3 Å². The van der Waals surface area contributed by atoms with E-state index >= 15 is 0 Å². The van der Waals surface area contributed by atoms with Crippen molar-refractivity contribution in [1.82, 2.24) is 4.90 Å². The molecule has 0 saturated heterocycles. The first-order chi connectivity index (χ1) is 7.06. The van der Waals surface area contributed by atoms with Crippen LogP contribution >= 0.6 is 11.3 Å². The van der Waals surface area contributed by atoms with Gasteiger partial charge in [-0.3, -0.25) is 4.79 Å². The smallest absolute Gasteiger partial charge is 0.241 e. The second-order valence-corrected chi connectivity index (χ2v) is 4.51. The molecule has 84 valence electrons. The van der Waals surface area contributed by atoms with E-state index in [-0.39, 0.29) is 12.5 Å². The lowest BCUT2D eigenvalue weighted by atomic mass is 10.2. The van der Waals surface area contributed by atoms with E-state index in [4.69, 9.17) is 10.8 Å². The average Bonchev–Trinajstić information content (AvgIpc) is 2.62. The van der Waals surface area contributed by atoms with Crippen LogP contribution in [0.25, 0.3) is 0 Å². The van der Waals surface area contributed by atoms with Crippen molar-refractivity contribution in [3.63, 3.8) is 0 Å². The van der Waals surface area contributed by atoms with Crippen LogP contribution in [0.5, 0.6) is 0 Å². The van der Waals surface area contributed by atoms with Crippen molar-refractivity contribution in [2.75, 3.05) is 13.7 Å². The predicted molar refractivity (Wildman–Crippen MR) is 60.6 cm³/mol. The quantitative estimate of drug-likeness (QED) is 0.780. The molecule has 0 bridgehead atoms. The number of nitrogens with zero attached hydrogens (tertiary/aromatic N) is 1. The molecule has 1 aromatic rings. The van der Waals surface area contributed by atoms with Crippen molar-refractivity contribution in [2.24, 2.45) is 5.73 Å². The van der Waals surface area contributed by atoms with Crippen molar-refractivity contribution >= 4 is 17.2 Å². The minimum absolute atomic E-state index is 0.231. The topological polar surface area (TPSA) is 66.6 Å². The molecule has 1 aromatic heterocycles. The summed E-state index contributed by atoms with van der Waals surface area (Å²) in [6, 6.07) is 1.21. The van der Waals surface area contributed by atoms with Gasteiger partial charge in [0.15, 0.2) is 0 Å². The fourth-order valence-corrected chi connectivity index (χ4v) is 2.18. The monoisotopic (exact) mass is 228 g/mol. The van der Waals surface area contributed by atoms with Gasteiger partial charge >= 0.3 is 0 Å². The minimum Gasteiger partial charge on any atom is -0.394 e. The van der Waals surface area contributed by atoms with Crippen molar-refractivity contribution in [2.45, 2.75) is 19.5 Å². The minimum atomic E-state index is -0.810. The molecule has 0 radical (unpaired) electrons. The van der Waals surface area contributed by atoms with Crippen molar-refractivity contribution in [1.29, 1.82) is 0 Å². The average molecular weight is 228 g/mol. The molecule has 1 unspecified atom stereocenters. The van der Waals surface area contributed by atoms with E-state index in [1.807, 2.05) is 18.4 Å². The van der Waals surface area contributed by atoms with E-state index in [1.54, 1.807) is 23.3 Å². The number of aliphatic hydroxyl groups excluding tert-OH is 1.